The molecule has 100 valence electrons. The highest BCUT2D eigenvalue weighted by molar-refractivity contribution is 6.33. The van der Waals surface area contributed by atoms with Crippen molar-refractivity contribution in [1.29, 1.82) is 0 Å². The molecular formula is C13H11Cl3N2O. The van der Waals surface area contributed by atoms with E-state index in [1.165, 1.54) is 6.07 Å². The highest BCUT2D eigenvalue weighted by atomic mass is 35.5. The molecule has 0 unspecified atom stereocenters. The van der Waals surface area contributed by atoms with E-state index < -0.39 is 0 Å². The van der Waals surface area contributed by atoms with E-state index in [2.05, 4.69) is 4.98 Å². The molecule has 0 amide bonds. The zero-order valence-corrected chi connectivity index (χ0v) is 12.4. The van der Waals surface area contributed by atoms with Gasteiger partial charge in [-0.25, -0.2) is 4.98 Å². The standard InChI is InChI=1S/C13H11Cl3N2O/c1-2-12-17-11(16)6-13(19)18(12)7-8-5-9(14)3-4-10(8)15/h3-6H,2,7H2,1H3. The third-order valence-corrected chi connectivity index (χ3v) is 3.51. The highest BCUT2D eigenvalue weighted by Crippen LogP contribution is 2.21. The third-order valence-electron chi connectivity index (χ3n) is 2.71. The molecule has 2 rings (SSSR count). The summed E-state index contributed by atoms with van der Waals surface area (Å²) in [6.45, 7) is 2.24. The largest absolute Gasteiger partial charge is 0.292 e. The minimum atomic E-state index is -0.201. The fourth-order valence-electron chi connectivity index (χ4n) is 1.80. The van der Waals surface area contributed by atoms with Gasteiger partial charge in [0.2, 0.25) is 0 Å². The molecule has 0 aliphatic heterocycles. The van der Waals surface area contributed by atoms with E-state index in [4.69, 9.17) is 34.8 Å². The maximum atomic E-state index is 12.0. The summed E-state index contributed by atoms with van der Waals surface area (Å²) in [5.74, 6) is 0.619. The Bertz CT molecular complexity index is 667. The molecule has 0 spiro atoms. The molecule has 1 aromatic heterocycles. The molecule has 0 atom stereocenters. The van der Waals surface area contributed by atoms with Gasteiger partial charge in [0.15, 0.2) is 0 Å². The Morgan fingerprint density at radius 2 is 1.95 bits per heavy atom. The summed E-state index contributed by atoms with van der Waals surface area (Å²) < 4.78 is 1.55. The number of rotatable bonds is 3. The summed E-state index contributed by atoms with van der Waals surface area (Å²) in [5.41, 5.74) is 0.572. The van der Waals surface area contributed by atoms with Crippen LogP contribution in [0.25, 0.3) is 0 Å². The predicted octanol–water partition coefficient (Wildman–Crippen LogP) is 3.81. The number of hydrogen-bond acceptors (Lipinski definition) is 2. The first-order valence-corrected chi connectivity index (χ1v) is 6.85. The van der Waals surface area contributed by atoms with Crippen molar-refractivity contribution in [2.45, 2.75) is 19.9 Å². The monoisotopic (exact) mass is 316 g/mol. The number of aryl methyl sites for hydroxylation is 1. The third kappa shape index (κ3) is 3.30. The number of nitrogens with zero attached hydrogens (tertiary/aromatic N) is 2. The molecule has 6 heteroatoms. The minimum absolute atomic E-state index is 0.201. The second kappa shape index (κ2) is 5.95. The van der Waals surface area contributed by atoms with Crippen LogP contribution in [0.2, 0.25) is 15.2 Å². The van der Waals surface area contributed by atoms with Crippen molar-refractivity contribution in [3.63, 3.8) is 0 Å². The van der Waals surface area contributed by atoms with Gasteiger partial charge in [-0.2, -0.15) is 0 Å². The van der Waals surface area contributed by atoms with Crippen molar-refractivity contribution in [2.75, 3.05) is 0 Å². The van der Waals surface area contributed by atoms with Gasteiger partial charge in [-0.15, -0.1) is 0 Å². The van der Waals surface area contributed by atoms with Gasteiger partial charge < -0.3 is 0 Å². The molecule has 2 aromatic rings. The zero-order valence-electron chi connectivity index (χ0n) is 10.2. The Hall–Kier alpha value is -1.03. The average molecular weight is 318 g/mol. The second-order valence-electron chi connectivity index (χ2n) is 4.01. The number of benzene rings is 1. The Morgan fingerprint density at radius 1 is 1.21 bits per heavy atom. The minimum Gasteiger partial charge on any atom is -0.292 e. The average Bonchev–Trinajstić information content (AvgIpc) is 2.36. The summed E-state index contributed by atoms with van der Waals surface area (Å²) in [6, 6.07) is 6.44. The second-order valence-corrected chi connectivity index (χ2v) is 5.24. The number of aromatic nitrogens is 2. The van der Waals surface area contributed by atoms with E-state index in [1.54, 1.807) is 22.8 Å². The van der Waals surface area contributed by atoms with Crippen LogP contribution in [0.1, 0.15) is 18.3 Å². The van der Waals surface area contributed by atoms with E-state index >= 15 is 0 Å². The predicted molar refractivity (Wildman–Crippen MR) is 78.4 cm³/mol. The van der Waals surface area contributed by atoms with Gasteiger partial charge in [-0.1, -0.05) is 41.7 Å². The van der Waals surface area contributed by atoms with E-state index in [9.17, 15) is 4.79 Å². The lowest BCUT2D eigenvalue weighted by Crippen LogP contribution is -2.24. The molecule has 0 bridgehead atoms. The first-order chi connectivity index (χ1) is 9.01. The molecule has 0 saturated heterocycles. The summed E-state index contributed by atoms with van der Waals surface area (Å²) in [4.78, 5) is 16.1. The van der Waals surface area contributed by atoms with Crippen LogP contribution in [0, 0.1) is 0 Å². The smallest absolute Gasteiger partial charge is 0.255 e. The molecule has 0 saturated carbocycles. The molecule has 0 aliphatic carbocycles. The van der Waals surface area contributed by atoms with Gasteiger partial charge in [-0.05, 0) is 23.8 Å². The molecule has 19 heavy (non-hydrogen) atoms. The molecule has 0 fully saturated rings. The van der Waals surface area contributed by atoms with Gasteiger partial charge in [0, 0.05) is 22.5 Å². The summed E-state index contributed by atoms with van der Waals surface area (Å²) >= 11 is 17.8. The van der Waals surface area contributed by atoms with Crippen LogP contribution < -0.4 is 5.56 Å². The molecule has 0 radical (unpaired) electrons. The van der Waals surface area contributed by atoms with Gasteiger partial charge in [0.1, 0.15) is 11.0 Å². The van der Waals surface area contributed by atoms with E-state index in [-0.39, 0.29) is 10.7 Å². The van der Waals surface area contributed by atoms with Gasteiger partial charge >= 0.3 is 0 Å². The lowest BCUT2D eigenvalue weighted by Gasteiger charge is -2.12. The molecule has 1 heterocycles. The van der Waals surface area contributed by atoms with Gasteiger partial charge in [0.25, 0.3) is 5.56 Å². The summed E-state index contributed by atoms with van der Waals surface area (Å²) in [7, 11) is 0. The van der Waals surface area contributed by atoms with Gasteiger partial charge in [0.05, 0.1) is 6.54 Å². The summed E-state index contributed by atoms with van der Waals surface area (Å²) in [6.07, 6.45) is 0.605. The maximum Gasteiger partial charge on any atom is 0.255 e. The van der Waals surface area contributed by atoms with Crippen LogP contribution in [-0.2, 0) is 13.0 Å². The number of halogens is 3. The maximum absolute atomic E-state index is 12.0. The van der Waals surface area contributed by atoms with Crippen molar-refractivity contribution in [1.82, 2.24) is 9.55 Å². The first-order valence-electron chi connectivity index (χ1n) is 5.71. The van der Waals surface area contributed by atoms with Crippen LogP contribution in [0.15, 0.2) is 29.1 Å². The highest BCUT2D eigenvalue weighted by Gasteiger charge is 2.09. The molecule has 0 N–H and O–H groups in total. The van der Waals surface area contributed by atoms with E-state index in [0.29, 0.717) is 28.8 Å². The number of hydrogen-bond donors (Lipinski definition) is 0. The van der Waals surface area contributed by atoms with Crippen molar-refractivity contribution < 1.29 is 0 Å². The van der Waals surface area contributed by atoms with E-state index in [0.717, 1.165) is 5.56 Å². The fourth-order valence-corrected chi connectivity index (χ4v) is 2.36. The fraction of sp³-hybridized carbons (Fsp3) is 0.231. The van der Waals surface area contributed by atoms with Crippen LogP contribution in [0.4, 0.5) is 0 Å². The Kier molecular flexibility index (Phi) is 4.50. The van der Waals surface area contributed by atoms with Crippen molar-refractivity contribution in [3.05, 3.63) is 61.2 Å². The van der Waals surface area contributed by atoms with Crippen molar-refractivity contribution >= 4 is 34.8 Å². The SMILES string of the molecule is CCc1nc(Cl)cc(=O)n1Cc1cc(Cl)ccc1Cl. The molecule has 1 aromatic carbocycles. The van der Waals surface area contributed by atoms with Gasteiger partial charge in [-0.3, -0.25) is 9.36 Å². The Balaban J connectivity index is 2.49. The Morgan fingerprint density at radius 3 is 2.63 bits per heavy atom. The topological polar surface area (TPSA) is 34.9 Å². The summed E-state index contributed by atoms with van der Waals surface area (Å²) in [5, 5.41) is 1.34. The molecule has 0 aliphatic rings. The van der Waals surface area contributed by atoms with Crippen molar-refractivity contribution in [3.8, 4) is 0 Å². The lowest BCUT2D eigenvalue weighted by molar-refractivity contribution is 0.675. The zero-order chi connectivity index (χ0) is 14.0. The normalized spacial score (nSPS) is 10.7. The van der Waals surface area contributed by atoms with Crippen LogP contribution in [0.3, 0.4) is 0 Å². The van der Waals surface area contributed by atoms with Crippen LogP contribution >= 0.6 is 34.8 Å². The van der Waals surface area contributed by atoms with E-state index in [1.807, 2.05) is 6.92 Å². The molecular weight excluding hydrogens is 307 g/mol. The lowest BCUT2D eigenvalue weighted by atomic mass is 10.2. The Labute approximate surface area is 125 Å². The van der Waals surface area contributed by atoms with Crippen LogP contribution in [0.5, 0.6) is 0 Å². The van der Waals surface area contributed by atoms with Crippen molar-refractivity contribution in [2.24, 2.45) is 0 Å². The van der Waals surface area contributed by atoms with Crippen LogP contribution in [-0.4, -0.2) is 9.55 Å². The quantitative estimate of drug-likeness (QED) is 0.807. The molecule has 3 nitrogen and oxygen atoms in total. The first kappa shape index (κ1) is 14.4.